The highest BCUT2D eigenvalue weighted by atomic mass is 16.4. The zero-order chi connectivity index (χ0) is 14.0. The SMILES string of the molecule is NC(CO)C(=O)O.O=CC(O)C(O)C(O)CO. The van der Waals surface area contributed by atoms with Gasteiger partial charge < -0.3 is 41.2 Å². The van der Waals surface area contributed by atoms with E-state index in [0.717, 1.165) is 0 Å². The van der Waals surface area contributed by atoms with E-state index in [0.29, 0.717) is 0 Å². The summed E-state index contributed by atoms with van der Waals surface area (Å²) in [4.78, 5) is 19.4. The predicted octanol–water partition coefficient (Wildman–Crippen LogP) is -4.35. The average molecular weight is 255 g/mol. The molecule has 4 unspecified atom stereocenters. The van der Waals surface area contributed by atoms with Crippen molar-refractivity contribution in [3.63, 3.8) is 0 Å². The molecular formula is C8H17NO8. The van der Waals surface area contributed by atoms with E-state index in [2.05, 4.69) is 0 Å². The van der Waals surface area contributed by atoms with Crippen LogP contribution in [0.15, 0.2) is 0 Å². The summed E-state index contributed by atoms with van der Waals surface area (Å²) in [6.07, 6.45) is -4.63. The van der Waals surface area contributed by atoms with Gasteiger partial charge in [-0.15, -0.1) is 0 Å². The second-order valence-electron chi connectivity index (χ2n) is 2.99. The molecule has 9 nitrogen and oxygen atoms in total. The molecule has 0 bridgehead atoms. The minimum Gasteiger partial charge on any atom is -0.480 e. The van der Waals surface area contributed by atoms with Gasteiger partial charge in [0.25, 0.3) is 0 Å². The van der Waals surface area contributed by atoms with Crippen molar-refractivity contribution >= 4 is 12.3 Å². The van der Waals surface area contributed by atoms with Gasteiger partial charge in [-0.3, -0.25) is 4.79 Å². The highest BCUT2D eigenvalue weighted by molar-refractivity contribution is 5.73. The van der Waals surface area contributed by atoms with Gasteiger partial charge in [-0.25, -0.2) is 0 Å². The summed E-state index contributed by atoms with van der Waals surface area (Å²) in [5.74, 6) is -1.18. The van der Waals surface area contributed by atoms with Gasteiger partial charge in [0, 0.05) is 0 Å². The molecule has 0 radical (unpaired) electrons. The van der Waals surface area contributed by atoms with Gasteiger partial charge >= 0.3 is 5.97 Å². The molecule has 0 saturated carbocycles. The van der Waals surface area contributed by atoms with E-state index >= 15 is 0 Å². The standard InChI is InChI=1S/C5H10O5.C3H7NO3/c6-1-3(8)5(10)4(9)2-7;4-2(1-5)3(6)7/h1,3-5,7-10H,2H2;2,5H,1,4H2,(H,6,7). The number of carboxylic acids is 1. The van der Waals surface area contributed by atoms with Crippen LogP contribution in [0.25, 0.3) is 0 Å². The molecular weight excluding hydrogens is 238 g/mol. The fourth-order valence-corrected chi connectivity index (χ4v) is 0.494. The summed E-state index contributed by atoms with van der Waals surface area (Å²) >= 11 is 0. The number of rotatable bonds is 6. The van der Waals surface area contributed by atoms with Crippen LogP contribution >= 0.6 is 0 Å². The smallest absolute Gasteiger partial charge is 0.322 e. The third kappa shape index (κ3) is 8.68. The van der Waals surface area contributed by atoms with Crippen LogP contribution in [0, 0.1) is 0 Å². The first-order valence-corrected chi connectivity index (χ1v) is 4.51. The molecule has 0 aromatic rings. The Balaban J connectivity index is 0. The third-order valence-corrected chi connectivity index (χ3v) is 1.58. The molecule has 0 aliphatic heterocycles. The molecule has 0 spiro atoms. The Kier molecular flexibility index (Phi) is 10.8. The van der Waals surface area contributed by atoms with E-state index in [4.69, 9.17) is 36.4 Å². The summed E-state index contributed by atoms with van der Waals surface area (Å²) in [5.41, 5.74) is 4.77. The fraction of sp³-hybridized carbons (Fsp3) is 0.750. The monoisotopic (exact) mass is 255 g/mol. The number of aliphatic hydroxyl groups is 5. The maximum Gasteiger partial charge on any atom is 0.322 e. The number of nitrogens with two attached hydrogens (primary N) is 1. The number of aliphatic hydroxyl groups excluding tert-OH is 5. The maximum atomic E-state index is 9.76. The number of carboxylic acid groups (broad SMARTS) is 1. The minimum atomic E-state index is -1.64. The molecule has 0 aromatic heterocycles. The lowest BCUT2D eigenvalue weighted by molar-refractivity contribution is -0.139. The maximum absolute atomic E-state index is 9.76. The summed E-state index contributed by atoms with van der Waals surface area (Å²) in [5, 5.41) is 50.0. The molecule has 8 N–H and O–H groups in total. The molecule has 17 heavy (non-hydrogen) atoms. The number of aliphatic carboxylic acids is 1. The van der Waals surface area contributed by atoms with Crippen molar-refractivity contribution in [1.82, 2.24) is 0 Å². The van der Waals surface area contributed by atoms with Gasteiger partial charge in [-0.05, 0) is 0 Å². The van der Waals surface area contributed by atoms with Crippen LogP contribution in [0.4, 0.5) is 0 Å². The van der Waals surface area contributed by atoms with Crippen LogP contribution < -0.4 is 5.73 Å². The van der Waals surface area contributed by atoms with Gasteiger partial charge in [-0.2, -0.15) is 0 Å². The molecule has 9 heteroatoms. The molecule has 0 rings (SSSR count). The van der Waals surface area contributed by atoms with Crippen LogP contribution in [-0.4, -0.2) is 80.5 Å². The van der Waals surface area contributed by atoms with E-state index in [1.54, 1.807) is 0 Å². The zero-order valence-electron chi connectivity index (χ0n) is 8.88. The highest BCUT2D eigenvalue weighted by Gasteiger charge is 2.22. The normalized spacial score (nSPS) is 17.1. The van der Waals surface area contributed by atoms with Gasteiger partial charge in [-0.1, -0.05) is 0 Å². The molecule has 0 fully saturated rings. The first-order valence-electron chi connectivity index (χ1n) is 4.51. The first kappa shape index (κ1) is 18.3. The quantitative estimate of drug-likeness (QED) is 0.230. The van der Waals surface area contributed by atoms with E-state index in [9.17, 15) is 9.59 Å². The van der Waals surface area contributed by atoms with Crippen molar-refractivity contribution in [1.29, 1.82) is 0 Å². The van der Waals surface area contributed by atoms with Crippen LogP contribution in [0.2, 0.25) is 0 Å². The largest absolute Gasteiger partial charge is 0.480 e. The Hall–Kier alpha value is -1.10. The van der Waals surface area contributed by atoms with E-state index in [1.165, 1.54) is 0 Å². The average Bonchev–Trinajstić information content (AvgIpc) is 2.35. The molecule has 0 heterocycles. The van der Waals surface area contributed by atoms with E-state index < -0.39 is 43.5 Å². The summed E-state index contributed by atoms with van der Waals surface area (Å²) in [6, 6.07) is -1.13. The number of carbonyl (C=O) groups is 2. The van der Waals surface area contributed by atoms with Gasteiger partial charge in [0.2, 0.25) is 0 Å². The van der Waals surface area contributed by atoms with Crippen molar-refractivity contribution in [2.45, 2.75) is 24.4 Å². The topological polar surface area (TPSA) is 182 Å². The Labute approximate surface area is 96.7 Å². The number of hydrogen-bond acceptors (Lipinski definition) is 8. The number of hydrogen-bond donors (Lipinski definition) is 7. The summed E-state index contributed by atoms with van der Waals surface area (Å²) in [7, 11) is 0. The first-order chi connectivity index (χ1) is 7.81. The second kappa shape index (κ2) is 10.1. The van der Waals surface area contributed by atoms with Crippen molar-refractivity contribution in [3.05, 3.63) is 0 Å². The van der Waals surface area contributed by atoms with Crippen molar-refractivity contribution in [3.8, 4) is 0 Å². The summed E-state index contributed by atoms with van der Waals surface area (Å²) in [6.45, 7) is -1.19. The Morgan fingerprint density at radius 3 is 1.82 bits per heavy atom. The minimum absolute atomic E-state index is 0.0869. The Bertz CT molecular complexity index is 224. The van der Waals surface area contributed by atoms with Crippen molar-refractivity contribution in [2.24, 2.45) is 5.73 Å². The molecule has 0 aliphatic rings. The molecule has 0 aliphatic carbocycles. The highest BCUT2D eigenvalue weighted by Crippen LogP contribution is 1.96. The van der Waals surface area contributed by atoms with Gasteiger partial charge in [0.15, 0.2) is 6.29 Å². The summed E-state index contributed by atoms with van der Waals surface area (Å²) < 4.78 is 0. The third-order valence-electron chi connectivity index (χ3n) is 1.58. The second-order valence-corrected chi connectivity index (χ2v) is 2.99. The van der Waals surface area contributed by atoms with Crippen molar-refractivity contribution in [2.75, 3.05) is 13.2 Å². The number of carbonyl (C=O) groups excluding carboxylic acids is 1. The number of aldehydes is 1. The zero-order valence-corrected chi connectivity index (χ0v) is 8.88. The molecule has 102 valence electrons. The molecule has 0 amide bonds. The van der Waals surface area contributed by atoms with Crippen LogP contribution in [0.5, 0.6) is 0 Å². The van der Waals surface area contributed by atoms with E-state index in [-0.39, 0.29) is 6.29 Å². The lowest BCUT2D eigenvalue weighted by atomic mass is 10.1. The van der Waals surface area contributed by atoms with Crippen LogP contribution in [-0.2, 0) is 9.59 Å². The molecule has 0 saturated heterocycles. The Morgan fingerprint density at radius 1 is 1.18 bits per heavy atom. The van der Waals surface area contributed by atoms with Gasteiger partial charge in [0.1, 0.15) is 24.4 Å². The lowest BCUT2D eigenvalue weighted by Crippen LogP contribution is -2.40. The van der Waals surface area contributed by atoms with Crippen LogP contribution in [0.3, 0.4) is 0 Å². The van der Waals surface area contributed by atoms with Gasteiger partial charge in [0.05, 0.1) is 13.2 Å². The fourth-order valence-electron chi connectivity index (χ4n) is 0.494. The van der Waals surface area contributed by atoms with Crippen molar-refractivity contribution < 1.29 is 40.2 Å². The Morgan fingerprint density at radius 2 is 1.65 bits per heavy atom. The molecule has 0 aromatic carbocycles. The van der Waals surface area contributed by atoms with Crippen LogP contribution in [0.1, 0.15) is 0 Å². The predicted molar refractivity (Wildman–Crippen MR) is 53.9 cm³/mol. The molecule has 4 atom stereocenters. The van der Waals surface area contributed by atoms with E-state index in [1.807, 2.05) is 0 Å². The lowest BCUT2D eigenvalue weighted by Gasteiger charge is -2.16.